The molecule has 1 saturated heterocycles. The van der Waals surface area contributed by atoms with Gasteiger partial charge in [-0.05, 0) is 42.7 Å². The highest BCUT2D eigenvalue weighted by molar-refractivity contribution is 5.83. The van der Waals surface area contributed by atoms with Gasteiger partial charge in [0.25, 0.3) is 0 Å². The van der Waals surface area contributed by atoms with E-state index in [0.717, 1.165) is 72.7 Å². The first-order chi connectivity index (χ1) is 12.6. The van der Waals surface area contributed by atoms with Crippen molar-refractivity contribution in [2.24, 2.45) is 0 Å². The molecule has 0 atom stereocenters. The standard InChI is InChI=1S/C21H24N2O3/c1-15-5-6-19-17(12-20(24)26-21(19)16(15)2)13-22-7-9-23(10-8-22)14-18-4-3-11-25-18/h3-6,11-12H,7-10,13-14H2,1-2H3. The van der Waals surface area contributed by atoms with Gasteiger partial charge >= 0.3 is 5.63 Å². The summed E-state index contributed by atoms with van der Waals surface area (Å²) in [5.74, 6) is 1.01. The zero-order valence-electron chi connectivity index (χ0n) is 15.3. The fourth-order valence-corrected chi connectivity index (χ4v) is 3.62. The average Bonchev–Trinajstić information content (AvgIpc) is 3.13. The molecule has 0 saturated carbocycles. The van der Waals surface area contributed by atoms with Crippen molar-refractivity contribution < 1.29 is 8.83 Å². The lowest BCUT2D eigenvalue weighted by atomic mass is 10.0. The van der Waals surface area contributed by atoms with Crippen LogP contribution in [0.3, 0.4) is 0 Å². The minimum absolute atomic E-state index is 0.266. The van der Waals surface area contributed by atoms with Gasteiger partial charge in [-0.1, -0.05) is 12.1 Å². The molecular formula is C21H24N2O3. The minimum atomic E-state index is -0.266. The van der Waals surface area contributed by atoms with Crippen LogP contribution in [0.2, 0.25) is 0 Å². The molecule has 0 radical (unpaired) electrons. The number of hydrogen-bond acceptors (Lipinski definition) is 5. The normalized spacial score (nSPS) is 16.4. The number of aryl methyl sites for hydroxylation is 2. The van der Waals surface area contributed by atoms with Crippen molar-refractivity contribution in [1.29, 1.82) is 0 Å². The van der Waals surface area contributed by atoms with Gasteiger partial charge in [0.1, 0.15) is 11.3 Å². The molecule has 5 heteroatoms. The van der Waals surface area contributed by atoms with Crippen LogP contribution in [0.5, 0.6) is 0 Å². The Kier molecular flexibility index (Phi) is 4.66. The summed E-state index contributed by atoms with van der Waals surface area (Å²) in [4.78, 5) is 16.8. The van der Waals surface area contributed by atoms with Gasteiger partial charge in [0.15, 0.2) is 0 Å². The van der Waals surface area contributed by atoms with E-state index in [4.69, 9.17) is 8.83 Å². The highest BCUT2D eigenvalue weighted by atomic mass is 16.4. The number of rotatable bonds is 4. The lowest BCUT2D eigenvalue weighted by molar-refractivity contribution is 0.116. The molecule has 1 fully saturated rings. The van der Waals surface area contributed by atoms with Gasteiger partial charge in [0, 0.05) is 44.2 Å². The van der Waals surface area contributed by atoms with E-state index in [-0.39, 0.29) is 5.63 Å². The summed E-state index contributed by atoms with van der Waals surface area (Å²) >= 11 is 0. The molecule has 0 spiro atoms. The zero-order chi connectivity index (χ0) is 18.1. The van der Waals surface area contributed by atoms with E-state index in [9.17, 15) is 4.79 Å². The molecule has 1 aromatic carbocycles. The van der Waals surface area contributed by atoms with E-state index in [1.165, 1.54) is 0 Å². The number of hydrogen-bond donors (Lipinski definition) is 0. The molecule has 0 N–H and O–H groups in total. The second-order valence-corrected chi connectivity index (χ2v) is 7.11. The van der Waals surface area contributed by atoms with Crippen molar-refractivity contribution in [2.75, 3.05) is 26.2 Å². The molecule has 0 bridgehead atoms. The number of benzene rings is 1. The molecule has 2 aromatic heterocycles. The number of fused-ring (bicyclic) bond motifs is 1. The number of nitrogens with zero attached hydrogens (tertiary/aromatic N) is 2. The lowest BCUT2D eigenvalue weighted by Crippen LogP contribution is -2.45. The molecule has 0 aliphatic carbocycles. The smallest absolute Gasteiger partial charge is 0.336 e. The molecule has 3 heterocycles. The fourth-order valence-electron chi connectivity index (χ4n) is 3.62. The molecule has 4 rings (SSSR count). The van der Waals surface area contributed by atoms with Crippen molar-refractivity contribution in [3.63, 3.8) is 0 Å². The average molecular weight is 352 g/mol. The molecule has 1 aliphatic rings. The topological polar surface area (TPSA) is 49.8 Å². The van der Waals surface area contributed by atoms with E-state index in [0.29, 0.717) is 0 Å². The van der Waals surface area contributed by atoms with Crippen molar-refractivity contribution >= 4 is 11.0 Å². The number of furan rings is 1. The Labute approximate surface area is 152 Å². The van der Waals surface area contributed by atoms with Crippen LogP contribution in [-0.2, 0) is 13.1 Å². The summed E-state index contributed by atoms with van der Waals surface area (Å²) in [6.45, 7) is 9.64. The maximum absolute atomic E-state index is 12.0. The summed E-state index contributed by atoms with van der Waals surface area (Å²) < 4.78 is 10.9. The lowest BCUT2D eigenvalue weighted by Gasteiger charge is -2.34. The van der Waals surface area contributed by atoms with E-state index < -0.39 is 0 Å². The Morgan fingerprint density at radius 3 is 2.42 bits per heavy atom. The second-order valence-electron chi connectivity index (χ2n) is 7.11. The predicted octanol–water partition coefficient (Wildman–Crippen LogP) is 3.32. The van der Waals surface area contributed by atoms with Crippen molar-refractivity contribution in [2.45, 2.75) is 26.9 Å². The van der Waals surface area contributed by atoms with Gasteiger partial charge in [-0.15, -0.1) is 0 Å². The maximum Gasteiger partial charge on any atom is 0.336 e. The summed E-state index contributed by atoms with van der Waals surface area (Å²) in [6.07, 6.45) is 1.72. The van der Waals surface area contributed by atoms with E-state index in [1.54, 1.807) is 12.3 Å². The Hall–Kier alpha value is -2.37. The van der Waals surface area contributed by atoms with Crippen LogP contribution < -0.4 is 5.63 Å². The van der Waals surface area contributed by atoms with Crippen molar-refractivity contribution in [3.05, 3.63) is 69.5 Å². The van der Waals surface area contributed by atoms with Crippen LogP contribution in [-0.4, -0.2) is 36.0 Å². The molecule has 0 amide bonds. The molecule has 3 aromatic rings. The van der Waals surface area contributed by atoms with Crippen LogP contribution in [0.25, 0.3) is 11.0 Å². The van der Waals surface area contributed by atoms with Crippen LogP contribution in [0.4, 0.5) is 0 Å². The molecule has 5 nitrogen and oxygen atoms in total. The summed E-state index contributed by atoms with van der Waals surface area (Å²) in [6, 6.07) is 9.77. The second kappa shape index (κ2) is 7.09. The van der Waals surface area contributed by atoms with Crippen LogP contribution in [0, 0.1) is 13.8 Å². The highest BCUT2D eigenvalue weighted by Gasteiger charge is 2.19. The quantitative estimate of drug-likeness (QED) is 0.674. The first-order valence-corrected chi connectivity index (χ1v) is 9.10. The molecule has 0 unspecified atom stereocenters. The molecule has 26 heavy (non-hydrogen) atoms. The highest BCUT2D eigenvalue weighted by Crippen LogP contribution is 2.24. The van der Waals surface area contributed by atoms with Crippen LogP contribution >= 0.6 is 0 Å². The van der Waals surface area contributed by atoms with Gasteiger partial charge < -0.3 is 8.83 Å². The van der Waals surface area contributed by atoms with Gasteiger partial charge in [0.05, 0.1) is 12.8 Å². The monoisotopic (exact) mass is 352 g/mol. The fraction of sp³-hybridized carbons (Fsp3) is 0.381. The number of piperazine rings is 1. The van der Waals surface area contributed by atoms with E-state index in [2.05, 4.69) is 21.9 Å². The molecule has 136 valence electrons. The third-order valence-corrected chi connectivity index (χ3v) is 5.34. The van der Waals surface area contributed by atoms with Gasteiger partial charge in [-0.2, -0.15) is 0 Å². The maximum atomic E-state index is 12.0. The van der Waals surface area contributed by atoms with Crippen LogP contribution in [0.15, 0.2) is 50.2 Å². The minimum Gasteiger partial charge on any atom is -0.468 e. The van der Waals surface area contributed by atoms with Gasteiger partial charge in [-0.25, -0.2) is 4.79 Å². The summed E-state index contributed by atoms with van der Waals surface area (Å²) in [5, 5.41) is 1.05. The predicted molar refractivity (Wildman–Crippen MR) is 101 cm³/mol. The van der Waals surface area contributed by atoms with Crippen molar-refractivity contribution in [3.8, 4) is 0 Å². The third kappa shape index (κ3) is 3.45. The molecule has 1 aliphatic heterocycles. The first-order valence-electron chi connectivity index (χ1n) is 9.10. The van der Waals surface area contributed by atoms with Crippen LogP contribution in [0.1, 0.15) is 22.5 Å². The Balaban J connectivity index is 1.48. The Morgan fingerprint density at radius 2 is 1.73 bits per heavy atom. The third-order valence-electron chi connectivity index (χ3n) is 5.34. The van der Waals surface area contributed by atoms with Gasteiger partial charge in [0.2, 0.25) is 0 Å². The van der Waals surface area contributed by atoms with Crippen molar-refractivity contribution in [1.82, 2.24) is 9.80 Å². The van der Waals surface area contributed by atoms with E-state index in [1.807, 2.05) is 26.0 Å². The Morgan fingerprint density at radius 1 is 1.00 bits per heavy atom. The largest absolute Gasteiger partial charge is 0.468 e. The first kappa shape index (κ1) is 17.1. The molecular weight excluding hydrogens is 328 g/mol. The summed E-state index contributed by atoms with van der Waals surface area (Å²) in [7, 11) is 0. The summed E-state index contributed by atoms with van der Waals surface area (Å²) in [5.41, 5.74) is 3.70. The van der Waals surface area contributed by atoms with Gasteiger partial charge in [-0.3, -0.25) is 9.80 Å². The SMILES string of the molecule is Cc1ccc2c(CN3CCN(Cc4ccco4)CC3)cc(=O)oc2c1C. The van der Waals surface area contributed by atoms with E-state index >= 15 is 0 Å². The zero-order valence-corrected chi connectivity index (χ0v) is 15.3. The Bertz CT molecular complexity index is 951.